The average molecular weight is 301 g/mol. The maximum atomic E-state index is 12.3. The molecule has 4 nitrogen and oxygen atoms in total. The van der Waals surface area contributed by atoms with Gasteiger partial charge in [0.05, 0.1) is 20.7 Å². The molecule has 0 bridgehead atoms. The van der Waals surface area contributed by atoms with Gasteiger partial charge in [-0.2, -0.15) is 0 Å². The monoisotopic (exact) mass is 300 g/mol. The minimum absolute atomic E-state index is 0.0573. The first kappa shape index (κ1) is 14.3. The molecule has 0 spiro atoms. The first-order chi connectivity index (χ1) is 9.04. The van der Waals surface area contributed by atoms with Crippen LogP contribution in [-0.4, -0.2) is 33.4 Å². The Morgan fingerprint density at radius 1 is 1.53 bits per heavy atom. The quantitative estimate of drug-likeness (QED) is 0.846. The largest absolute Gasteiger partial charge is 0.398 e. The fourth-order valence-corrected chi connectivity index (χ4v) is 3.65. The molecule has 1 aliphatic carbocycles. The molecule has 1 atom stereocenters. The molecule has 0 radical (unpaired) electrons. The van der Waals surface area contributed by atoms with Crippen LogP contribution in [0.3, 0.4) is 0 Å². The number of halogens is 1. The third-order valence-corrected chi connectivity index (χ3v) is 4.98. The Hall–Kier alpha value is -1.07. The van der Waals surface area contributed by atoms with Gasteiger partial charge in [-0.1, -0.05) is 17.7 Å². The molecule has 104 valence electrons. The molecule has 1 aromatic rings. The summed E-state index contributed by atoms with van der Waals surface area (Å²) >= 11 is 6.00. The molecule has 0 saturated heterocycles. The van der Waals surface area contributed by atoms with Crippen molar-refractivity contribution in [1.29, 1.82) is 0 Å². The molecule has 19 heavy (non-hydrogen) atoms. The van der Waals surface area contributed by atoms with Crippen molar-refractivity contribution in [2.75, 3.05) is 18.0 Å². The van der Waals surface area contributed by atoms with E-state index in [1.165, 1.54) is 0 Å². The smallest absolute Gasteiger partial charge is 0.235 e. The summed E-state index contributed by atoms with van der Waals surface area (Å²) in [6, 6.07) is 5.30. The molecule has 1 fully saturated rings. The zero-order valence-corrected chi connectivity index (χ0v) is 12.3. The second-order valence-corrected chi connectivity index (χ2v) is 6.35. The second-order valence-electron chi connectivity index (χ2n) is 4.56. The van der Waals surface area contributed by atoms with Gasteiger partial charge in [0.15, 0.2) is 0 Å². The number of carbonyl (C=O) groups excluding carboxylic acids is 1. The molecule has 1 unspecified atom stereocenters. The van der Waals surface area contributed by atoms with Crippen molar-refractivity contribution in [3.63, 3.8) is 0 Å². The number of anilines is 1. The van der Waals surface area contributed by atoms with Crippen LogP contribution in [0.15, 0.2) is 23.1 Å². The number of hydrogen-bond donors (Lipinski definition) is 1. The molecule has 1 saturated carbocycles. The molecule has 0 aliphatic heterocycles. The van der Waals surface area contributed by atoms with Crippen molar-refractivity contribution >= 4 is 34.0 Å². The van der Waals surface area contributed by atoms with Gasteiger partial charge in [-0.3, -0.25) is 9.00 Å². The molecule has 0 aromatic heterocycles. The maximum Gasteiger partial charge on any atom is 0.235 e. The van der Waals surface area contributed by atoms with Gasteiger partial charge in [0, 0.05) is 18.3 Å². The molecule has 0 heterocycles. The van der Waals surface area contributed by atoms with Crippen LogP contribution in [0.25, 0.3) is 0 Å². The molecule has 1 aliphatic rings. The Bertz CT molecular complexity index is 497. The average Bonchev–Trinajstić information content (AvgIpc) is 3.14. The van der Waals surface area contributed by atoms with Crippen LogP contribution in [0.5, 0.6) is 0 Å². The van der Waals surface area contributed by atoms with Crippen LogP contribution in [0, 0.1) is 0 Å². The summed E-state index contributed by atoms with van der Waals surface area (Å²) in [5, 5.41) is 0.348. The lowest BCUT2D eigenvalue weighted by atomic mass is 10.3. The van der Waals surface area contributed by atoms with Crippen molar-refractivity contribution < 1.29 is 9.00 Å². The van der Waals surface area contributed by atoms with Crippen LogP contribution in [0.2, 0.25) is 5.02 Å². The van der Waals surface area contributed by atoms with E-state index in [1.807, 2.05) is 6.92 Å². The van der Waals surface area contributed by atoms with Gasteiger partial charge in [0.1, 0.15) is 5.75 Å². The summed E-state index contributed by atoms with van der Waals surface area (Å²) in [5.74, 6) is -0.152. The molecule has 1 aromatic carbocycles. The first-order valence-electron chi connectivity index (χ1n) is 6.26. The van der Waals surface area contributed by atoms with Crippen LogP contribution in [0.1, 0.15) is 19.8 Å². The summed E-state index contributed by atoms with van der Waals surface area (Å²) in [7, 11) is -1.50. The number of nitrogens with zero attached hydrogens (tertiary/aromatic N) is 1. The molecular formula is C13H17ClN2O2S. The Balaban J connectivity index is 2.10. The second kappa shape index (κ2) is 5.92. The summed E-state index contributed by atoms with van der Waals surface area (Å²) in [6.07, 6.45) is 2.08. The zero-order chi connectivity index (χ0) is 14.0. The molecule has 1 amide bonds. The van der Waals surface area contributed by atoms with Crippen LogP contribution >= 0.6 is 11.6 Å². The van der Waals surface area contributed by atoms with E-state index in [0.29, 0.717) is 28.2 Å². The third-order valence-electron chi connectivity index (χ3n) is 3.13. The highest BCUT2D eigenvalue weighted by molar-refractivity contribution is 7.86. The van der Waals surface area contributed by atoms with Gasteiger partial charge >= 0.3 is 0 Å². The van der Waals surface area contributed by atoms with E-state index in [2.05, 4.69) is 0 Å². The lowest BCUT2D eigenvalue weighted by Gasteiger charge is -2.20. The molecule has 2 N–H and O–H groups in total. The minimum Gasteiger partial charge on any atom is -0.398 e. The third kappa shape index (κ3) is 3.28. The molecule has 2 rings (SSSR count). The topological polar surface area (TPSA) is 63.4 Å². The van der Waals surface area contributed by atoms with Crippen molar-refractivity contribution in [2.24, 2.45) is 0 Å². The Morgan fingerprint density at radius 3 is 2.74 bits per heavy atom. The number of benzene rings is 1. The van der Waals surface area contributed by atoms with Crippen LogP contribution in [-0.2, 0) is 15.6 Å². The predicted molar refractivity (Wildman–Crippen MR) is 77.5 cm³/mol. The normalized spacial score (nSPS) is 16.1. The summed E-state index contributed by atoms with van der Waals surface area (Å²) in [6.45, 7) is 2.59. The Kier molecular flexibility index (Phi) is 4.47. The van der Waals surface area contributed by atoms with E-state index >= 15 is 0 Å². The zero-order valence-electron chi connectivity index (χ0n) is 10.8. The van der Waals surface area contributed by atoms with E-state index in [0.717, 1.165) is 12.8 Å². The van der Waals surface area contributed by atoms with Crippen molar-refractivity contribution in [2.45, 2.75) is 30.7 Å². The van der Waals surface area contributed by atoms with E-state index < -0.39 is 10.8 Å². The maximum absolute atomic E-state index is 12.3. The number of nitrogen functional groups attached to an aromatic ring is 1. The number of hydrogen-bond acceptors (Lipinski definition) is 3. The standard InChI is InChI=1S/C13H17ClN2O2S/c1-2-16(9-6-7-9)12(17)8-19(18)13-10(14)4-3-5-11(13)15/h3-5,9H,2,6-8,15H2,1H3. The highest BCUT2D eigenvalue weighted by atomic mass is 35.5. The van der Waals surface area contributed by atoms with Gasteiger partial charge < -0.3 is 10.6 Å². The van der Waals surface area contributed by atoms with Gasteiger partial charge in [-0.05, 0) is 31.9 Å². The van der Waals surface area contributed by atoms with Crippen LogP contribution in [0.4, 0.5) is 5.69 Å². The fraction of sp³-hybridized carbons (Fsp3) is 0.462. The minimum atomic E-state index is -1.50. The summed E-state index contributed by atoms with van der Waals surface area (Å²) in [4.78, 5) is 14.3. The Labute approximate surface area is 120 Å². The van der Waals surface area contributed by atoms with Gasteiger partial charge in [0.2, 0.25) is 5.91 Å². The number of nitrogens with two attached hydrogens (primary N) is 1. The summed E-state index contributed by atoms with van der Waals surface area (Å²) < 4.78 is 12.3. The highest BCUT2D eigenvalue weighted by Gasteiger charge is 2.32. The number of rotatable bonds is 5. The lowest BCUT2D eigenvalue weighted by molar-refractivity contribution is -0.128. The first-order valence-corrected chi connectivity index (χ1v) is 7.96. The van der Waals surface area contributed by atoms with Crippen molar-refractivity contribution in [1.82, 2.24) is 4.90 Å². The lowest BCUT2D eigenvalue weighted by Crippen LogP contribution is -2.36. The van der Waals surface area contributed by atoms with E-state index in [1.54, 1.807) is 23.1 Å². The van der Waals surface area contributed by atoms with Crippen LogP contribution < -0.4 is 5.73 Å². The number of amides is 1. The summed E-state index contributed by atoms with van der Waals surface area (Å²) in [5.41, 5.74) is 6.14. The van der Waals surface area contributed by atoms with E-state index in [9.17, 15) is 9.00 Å². The van der Waals surface area contributed by atoms with Crippen molar-refractivity contribution in [3.8, 4) is 0 Å². The van der Waals surface area contributed by atoms with Gasteiger partial charge in [0.25, 0.3) is 0 Å². The molecule has 6 heteroatoms. The van der Waals surface area contributed by atoms with E-state index in [-0.39, 0.29) is 11.7 Å². The predicted octanol–water partition coefficient (Wildman–Crippen LogP) is 2.04. The Morgan fingerprint density at radius 2 is 2.21 bits per heavy atom. The highest BCUT2D eigenvalue weighted by Crippen LogP contribution is 2.28. The fourth-order valence-electron chi connectivity index (χ4n) is 2.06. The SMILES string of the molecule is CCN(C(=O)CS(=O)c1c(N)cccc1Cl)C1CC1. The van der Waals surface area contributed by atoms with Gasteiger partial charge in [-0.25, -0.2) is 0 Å². The molecular weight excluding hydrogens is 284 g/mol. The number of carbonyl (C=O) groups is 1. The van der Waals surface area contributed by atoms with Gasteiger partial charge in [-0.15, -0.1) is 0 Å². The van der Waals surface area contributed by atoms with E-state index in [4.69, 9.17) is 17.3 Å². The van der Waals surface area contributed by atoms with Crippen molar-refractivity contribution in [3.05, 3.63) is 23.2 Å².